The van der Waals surface area contributed by atoms with Gasteiger partial charge in [-0.15, -0.1) is 0 Å². The van der Waals surface area contributed by atoms with E-state index in [1.165, 1.54) is 4.90 Å². The van der Waals surface area contributed by atoms with Gasteiger partial charge in [0.25, 0.3) is 5.91 Å². The van der Waals surface area contributed by atoms with Gasteiger partial charge in [0.15, 0.2) is 0 Å². The molecule has 33 heavy (non-hydrogen) atoms. The molecule has 2 heterocycles. The molecule has 1 fully saturated rings. The van der Waals surface area contributed by atoms with Crippen LogP contribution in [0.25, 0.3) is 11.3 Å². The number of carbonyl (C=O) groups excluding carboxylic acids is 3. The summed E-state index contributed by atoms with van der Waals surface area (Å²) in [7, 11) is 1.62. The number of benzene rings is 2. The zero-order valence-electron chi connectivity index (χ0n) is 18.0. The number of rotatable bonds is 5. The highest BCUT2D eigenvalue weighted by Crippen LogP contribution is 2.41. The van der Waals surface area contributed by atoms with Gasteiger partial charge < -0.3 is 14.6 Å². The van der Waals surface area contributed by atoms with E-state index in [1.54, 1.807) is 25.2 Å². The molecule has 5 rings (SSSR count). The van der Waals surface area contributed by atoms with E-state index in [1.807, 2.05) is 42.5 Å². The van der Waals surface area contributed by atoms with Crippen LogP contribution in [0.4, 0.5) is 4.79 Å². The molecule has 0 saturated carbocycles. The maximum Gasteiger partial charge on any atom is 0.325 e. The lowest BCUT2D eigenvalue weighted by Crippen LogP contribution is -2.44. The molecule has 1 aliphatic carbocycles. The molecule has 1 spiro atoms. The van der Waals surface area contributed by atoms with Crippen LogP contribution in [0, 0.1) is 0 Å². The Morgan fingerprint density at radius 2 is 1.88 bits per heavy atom. The normalized spacial score (nSPS) is 19.2. The number of aryl methyl sites for hydroxylation is 1. The summed E-state index contributed by atoms with van der Waals surface area (Å²) in [5.74, 6) is 0.529. The number of hydrogen-bond acceptors (Lipinski definition) is 4. The fraction of sp³-hybridized carbons (Fsp3) is 0.240. The number of urea groups is 1. The zero-order valence-corrected chi connectivity index (χ0v) is 18.8. The van der Waals surface area contributed by atoms with Crippen molar-refractivity contribution >= 4 is 29.4 Å². The van der Waals surface area contributed by atoms with Crippen LogP contribution in [-0.4, -0.2) is 41.2 Å². The predicted molar refractivity (Wildman–Crippen MR) is 122 cm³/mol. The van der Waals surface area contributed by atoms with E-state index in [0.717, 1.165) is 21.6 Å². The van der Waals surface area contributed by atoms with E-state index >= 15 is 0 Å². The van der Waals surface area contributed by atoms with Gasteiger partial charge in [-0.3, -0.25) is 14.5 Å². The van der Waals surface area contributed by atoms with Crippen molar-refractivity contribution in [3.05, 3.63) is 82.6 Å². The van der Waals surface area contributed by atoms with Gasteiger partial charge in [0, 0.05) is 17.6 Å². The molecule has 3 aromatic rings. The number of amides is 4. The van der Waals surface area contributed by atoms with E-state index < -0.39 is 11.6 Å². The van der Waals surface area contributed by atoms with Gasteiger partial charge in [-0.25, -0.2) is 4.79 Å². The molecule has 2 aromatic carbocycles. The van der Waals surface area contributed by atoms with Crippen molar-refractivity contribution < 1.29 is 18.8 Å². The first kappa shape index (κ1) is 21.3. The molecular formula is C25H22ClN3O4. The Hall–Kier alpha value is -3.58. The summed E-state index contributed by atoms with van der Waals surface area (Å²) in [6.07, 6.45) is 1.20. The number of nitrogens with zero attached hydrogens (tertiary/aromatic N) is 2. The Morgan fingerprint density at radius 3 is 2.67 bits per heavy atom. The molecule has 1 aliphatic heterocycles. The minimum Gasteiger partial charge on any atom is -0.459 e. The fourth-order valence-electron chi connectivity index (χ4n) is 4.54. The molecule has 1 aromatic heterocycles. The van der Waals surface area contributed by atoms with Gasteiger partial charge in [0.2, 0.25) is 5.91 Å². The van der Waals surface area contributed by atoms with Crippen LogP contribution in [-0.2, 0) is 28.1 Å². The number of hydrogen-bond donors (Lipinski definition) is 1. The molecule has 1 saturated heterocycles. The smallest absolute Gasteiger partial charge is 0.325 e. The van der Waals surface area contributed by atoms with Crippen LogP contribution in [0.1, 0.15) is 23.3 Å². The molecular weight excluding hydrogens is 442 g/mol. The second-order valence-corrected chi connectivity index (χ2v) is 8.84. The lowest BCUT2D eigenvalue weighted by Gasteiger charge is -2.23. The van der Waals surface area contributed by atoms with Crippen LogP contribution >= 0.6 is 11.6 Å². The van der Waals surface area contributed by atoms with Crippen LogP contribution < -0.4 is 5.32 Å². The average Bonchev–Trinajstić information content (AvgIpc) is 3.48. The summed E-state index contributed by atoms with van der Waals surface area (Å²) in [5, 5.41) is 3.48. The summed E-state index contributed by atoms with van der Waals surface area (Å²) >= 11 is 5.93. The monoisotopic (exact) mass is 463 g/mol. The van der Waals surface area contributed by atoms with E-state index in [9.17, 15) is 14.4 Å². The lowest BCUT2D eigenvalue weighted by atomic mass is 9.92. The molecule has 1 atom stereocenters. The Kier molecular flexibility index (Phi) is 5.21. The highest BCUT2D eigenvalue weighted by molar-refractivity contribution is 6.30. The maximum absolute atomic E-state index is 13.2. The quantitative estimate of drug-likeness (QED) is 0.581. The highest BCUT2D eigenvalue weighted by atomic mass is 35.5. The molecule has 1 unspecified atom stereocenters. The number of carbonyl (C=O) groups is 3. The number of nitrogens with one attached hydrogen (secondary N) is 1. The topological polar surface area (TPSA) is 82.9 Å². The van der Waals surface area contributed by atoms with E-state index in [2.05, 4.69) is 5.32 Å². The first-order valence-corrected chi connectivity index (χ1v) is 11.1. The van der Waals surface area contributed by atoms with Crippen molar-refractivity contribution in [1.29, 1.82) is 0 Å². The van der Waals surface area contributed by atoms with Crippen LogP contribution in [0.15, 0.2) is 65.1 Å². The molecule has 7 nitrogen and oxygen atoms in total. The molecule has 0 radical (unpaired) electrons. The molecule has 0 bridgehead atoms. The Balaban J connectivity index is 1.26. The Labute approximate surface area is 195 Å². The maximum atomic E-state index is 13.2. The summed E-state index contributed by atoms with van der Waals surface area (Å²) in [4.78, 5) is 41.2. The number of likely N-dealkylation sites (N-methyl/N-ethyl adjacent to an activating group) is 1. The van der Waals surface area contributed by atoms with Crippen molar-refractivity contribution in [2.45, 2.75) is 24.9 Å². The molecule has 2 aliphatic rings. The van der Waals surface area contributed by atoms with Gasteiger partial charge in [0.1, 0.15) is 23.6 Å². The van der Waals surface area contributed by atoms with Crippen LogP contribution in [0.3, 0.4) is 0 Å². The first-order valence-electron chi connectivity index (χ1n) is 10.7. The van der Waals surface area contributed by atoms with Gasteiger partial charge in [-0.1, -0.05) is 35.9 Å². The highest BCUT2D eigenvalue weighted by Gasteiger charge is 2.55. The number of halogens is 1. The van der Waals surface area contributed by atoms with Gasteiger partial charge >= 0.3 is 6.03 Å². The number of furan rings is 1. The largest absolute Gasteiger partial charge is 0.459 e. The van der Waals surface area contributed by atoms with Crippen LogP contribution in [0.5, 0.6) is 0 Å². The average molecular weight is 464 g/mol. The first-order chi connectivity index (χ1) is 15.9. The van der Waals surface area contributed by atoms with Gasteiger partial charge in [-0.2, -0.15) is 0 Å². The third kappa shape index (κ3) is 3.68. The molecule has 1 N–H and O–H groups in total. The van der Waals surface area contributed by atoms with Crippen LogP contribution in [0.2, 0.25) is 5.02 Å². The lowest BCUT2D eigenvalue weighted by molar-refractivity contribution is -0.138. The summed E-state index contributed by atoms with van der Waals surface area (Å²) < 4.78 is 5.86. The fourth-order valence-corrected chi connectivity index (χ4v) is 4.67. The minimum atomic E-state index is -1.07. The van der Waals surface area contributed by atoms with E-state index in [-0.39, 0.29) is 24.9 Å². The third-order valence-corrected chi connectivity index (χ3v) is 6.58. The third-order valence-electron chi connectivity index (χ3n) is 6.32. The predicted octanol–water partition coefficient (Wildman–Crippen LogP) is 3.95. The molecule has 8 heteroatoms. The van der Waals surface area contributed by atoms with Crippen molar-refractivity contribution in [3.8, 4) is 11.3 Å². The minimum absolute atomic E-state index is 0.212. The summed E-state index contributed by atoms with van der Waals surface area (Å²) in [5.41, 5.74) is 1.67. The van der Waals surface area contributed by atoms with Crippen molar-refractivity contribution in [1.82, 2.24) is 15.1 Å². The standard InChI is InChI=1S/C25H22ClN3O4/c1-28(14-19-10-11-21(33-19)17-6-8-18(26)9-7-17)22(30)15-29-23(31)25(27-24(29)32)13-12-16-4-2-3-5-20(16)25/h2-11H,12-15H2,1H3,(H,27,32). The van der Waals surface area contributed by atoms with E-state index in [4.69, 9.17) is 16.0 Å². The number of fused-ring (bicyclic) bond motifs is 2. The van der Waals surface area contributed by atoms with E-state index in [0.29, 0.717) is 29.4 Å². The Morgan fingerprint density at radius 1 is 1.12 bits per heavy atom. The number of imide groups is 1. The second-order valence-electron chi connectivity index (χ2n) is 8.41. The molecule has 168 valence electrons. The SMILES string of the molecule is CN(Cc1ccc(-c2ccc(Cl)cc2)o1)C(=O)CN1C(=O)NC2(CCc3ccccc32)C1=O. The van der Waals surface area contributed by atoms with Crippen molar-refractivity contribution in [2.75, 3.05) is 13.6 Å². The van der Waals surface area contributed by atoms with Gasteiger partial charge in [0.05, 0.1) is 6.54 Å². The van der Waals surface area contributed by atoms with Crippen molar-refractivity contribution in [3.63, 3.8) is 0 Å². The zero-order chi connectivity index (χ0) is 23.2. The van der Waals surface area contributed by atoms with Gasteiger partial charge in [-0.05, 0) is 60.4 Å². The summed E-state index contributed by atoms with van der Waals surface area (Å²) in [6, 6.07) is 18.0. The Bertz CT molecular complexity index is 1250. The summed E-state index contributed by atoms with van der Waals surface area (Å²) in [6.45, 7) is -0.111. The second kappa shape index (κ2) is 8.08. The van der Waals surface area contributed by atoms with Crippen molar-refractivity contribution in [2.24, 2.45) is 0 Å². The molecule has 4 amide bonds.